The number of alkyl halides is 3. The van der Waals surface area contributed by atoms with Crippen LogP contribution >= 0.6 is 0 Å². The van der Waals surface area contributed by atoms with Crippen LogP contribution in [-0.2, 0) is 51.2 Å². The third kappa shape index (κ3) is 18.8. The van der Waals surface area contributed by atoms with Gasteiger partial charge in [0.15, 0.2) is 0 Å². The van der Waals surface area contributed by atoms with E-state index in [9.17, 15) is 32.3 Å². The average molecular weight is 944 g/mol. The molecule has 0 radical (unpaired) electrons. The molecule has 1 aliphatic rings. The van der Waals surface area contributed by atoms with Crippen LogP contribution in [0, 0.1) is 23.7 Å². The summed E-state index contributed by atoms with van der Waals surface area (Å²) in [6, 6.07) is 17.7. The molecule has 9 atom stereocenters. The van der Waals surface area contributed by atoms with Crippen molar-refractivity contribution in [2.45, 2.75) is 136 Å². The first-order chi connectivity index (χ1) is 30.6. The van der Waals surface area contributed by atoms with Gasteiger partial charge in [-0.05, 0) is 55.2 Å². The summed E-state index contributed by atoms with van der Waals surface area (Å²) in [6.45, 7) is 15.0. The van der Waals surface area contributed by atoms with Crippen LogP contribution < -0.4 is 50.6 Å². The van der Waals surface area contributed by atoms with Crippen LogP contribution in [0.3, 0.4) is 0 Å². The molecular formula is C48H73F3N5NaO9. The summed E-state index contributed by atoms with van der Waals surface area (Å²) >= 11 is 0. The fraction of sp³-hybridized carbons (Fsp3) is 0.646. The molecule has 2 aromatic rings. The van der Waals surface area contributed by atoms with E-state index >= 15 is 0 Å². The van der Waals surface area contributed by atoms with E-state index in [1.54, 1.807) is 33.2 Å². The molecule has 1 aliphatic heterocycles. The maximum absolute atomic E-state index is 14.3. The van der Waals surface area contributed by atoms with E-state index < -0.39 is 48.4 Å². The summed E-state index contributed by atoms with van der Waals surface area (Å²) in [5, 5.41) is 18.1. The predicted molar refractivity (Wildman–Crippen MR) is 240 cm³/mol. The molecule has 3 rings (SSSR count). The van der Waals surface area contributed by atoms with E-state index in [1.807, 2.05) is 100 Å². The Morgan fingerprint density at radius 2 is 1.39 bits per heavy atom. The van der Waals surface area contributed by atoms with Gasteiger partial charge in [0.2, 0.25) is 23.6 Å². The second kappa shape index (κ2) is 30.0. The van der Waals surface area contributed by atoms with Crippen molar-refractivity contribution < 1.29 is 86.0 Å². The number of carbonyl (C=O) groups is 5. The molecule has 0 aliphatic carbocycles. The van der Waals surface area contributed by atoms with Crippen molar-refractivity contribution in [3.8, 4) is 0 Å². The molecule has 0 saturated carbocycles. The van der Waals surface area contributed by atoms with E-state index in [1.165, 1.54) is 0 Å². The topological polar surface area (TPSA) is 179 Å². The normalized spacial score (nSPS) is 17.5. The molecule has 1 saturated heterocycles. The number of hydrogen-bond acceptors (Lipinski definition) is 10. The number of methoxy groups -OCH3 is 2. The molecule has 18 heteroatoms. The fourth-order valence-corrected chi connectivity index (χ4v) is 8.33. The molecule has 66 heavy (non-hydrogen) atoms. The Hall–Kier alpha value is -3.58. The zero-order valence-electron chi connectivity index (χ0n) is 41.0. The SMILES string of the molecule is CC[C@H](C)[C@@H]([C@@H](CC(=O)N1CCC[C@H]1[C@H](OC)[C@@H](C)C(=O)N[C@H](COCc1ccccc1)Cc1ccccc1)OC)N(C)C(=O)[C@@H](NC(=O)[C@@H](NC)C(C)C)C(C)C.O=C([O-])C(F)(F)F.[Na+]. The minimum atomic E-state index is -5.19. The standard InChI is InChI=1S/C46H73N5O7.C2HF3O2.Na/c1-12-32(6)42(50(9)46(55)41(31(4)5)49-45(54)40(47-8)30(2)3)38(56-10)27-39(52)51-25-19-24-37(51)43(57-11)33(7)44(53)48-36(26-34-20-15-13-16-21-34)29-58-28-35-22-17-14-18-23-35;3-2(4,5)1(6)7;/h13-18,20-23,30-33,36-38,40-43,47H,12,19,24-29H2,1-11H3,(H,48,53)(H,49,54);(H,6,7);/q;;+1/p-1/t32-,33+,36-,37-,38+,40-,41-,42-,43+;;/m0../s1. The number of likely N-dealkylation sites (tertiary alicyclic amines) is 1. The summed E-state index contributed by atoms with van der Waals surface area (Å²) in [7, 11) is 6.66. The summed E-state index contributed by atoms with van der Waals surface area (Å²) in [5.74, 6) is -4.45. The third-order valence-corrected chi connectivity index (χ3v) is 12.1. The largest absolute Gasteiger partial charge is 1.00 e. The Bertz CT molecular complexity index is 1760. The molecular weight excluding hydrogens is 871 g/mol. The third-order valence-electron chi connectivity index (χ3n) is 12.1. The number of benzene rings is 2. The number of aliphatic carboxylic acids is 1. The van der Waals surface area contributed by atoms with Crippen LogP contribution in [0.25, 0.3) is 0 Å². The second-order valence-corrected chi connectivity index (χ2v) is 17.5. The van der Waals surface area contributed by atoms with Gasteiger partial charge in [0.05, 0.1) is 61.9 Å². The van der Waals surface area contributed by atoms with Gasteiger partial charge in [0.1, 0.15) is 12.0 Å². The average Bonchev–Trinajstić information content (AvgIpc) is 3.75. The van der Waals surface area contributed by atoms with Crippen molar-refractivity contribution in [2.75, 3.05) is 41.5 Å². The van der Waals surface area contributed by atoms with E-state index in [0.29, 0.717) is 32.6 Å². The molecule has 2 aromatic carbocycles. The summed E-state index contributed by atoms with van der Waals surface area (Å²) in [5.41, 5.74) is 2.15. The number of nitrogens with zero attached hydrogens (tertiary/aromatic N) is 2. The van der Waals surface area contributed by atoms with Crippen molar-refractivity contribution in [1.82, 2.24) is 25.8 Å². The maximum atomic E-state index is 14.3. The minimum absolute atomic E-state index is 0. The molecule has 0 spiro atoms. The first kappa shape index (κ1) is 60.4. The van der Waals surface area contributed by atoms with E-state index in [2.05, 4.69) is 29.8 Å². The number of amides is 4. The Morgan fingerprint density at radius 3 is 1.86 bits per heavy atom. The summed E-state index contributed by atoms with van der Waals surface area (Å²) in [6.07, 6.45) is -3.49. The molecule has 3 N–H and O–H groups in total. The molecule has 0 bridgehead atoms. The number of carboxylic acids is 1. The number of nitrogens with one attached hydrogen (secondary N) is 3. The molecule has 1 fully saturated rings. The van der Waals surface area contributed by atoms with Crippen LogP contribution in [-0.4, -0.2) is 129 Å². The van der Waals surface area contributed by atoms with Crippen molar-refractivity contribution in [3.63, 3.8) is 0 Å². The van der Waals surface area contributed by atoms with Crippen LogP contribution in [0.2, 0.25) is 0 Å². The first-order valence-electron chi connectivity index (χ1n) is 22.5. The van der Waals surface area contributed by atoms with Crippen molar-refractivity contribution in [1.29, 1.82) is 0 Å². The molecule has 366 valence electrons. The minimum Gasteiger partial charge on any atom is -0.542 e. The number of ether oxygens (including phenoxy) is 3. The van der Waals surface area contributed by atoms with Gasteiger partial charge in [0, 0.05) is 27.8 Å². The zero-order chi connectivity index (χ0) is 49.0. The van der Waals surface area contributed by atoms with E-state index in [-0.39, 0.29) is 89.4 Å². The van der Waals surface area contributed by atoms with Crippen molar-refractivity contribution >= 4 is 29.6 Å². The van der Waals surface area contributed by atoms with Gasteiger partial charge >= 0.3 is 35.7 Å². The van der Waals surface area contributed by atoms with Gasteiger partial charge in [-0.25, -0.2) is 0 Å². The monoisotopic (exact) mass is 944 g/mol. The first-order valence-corrected chi connectivity index (χ1v) is 22.5. The van der Waals surface area contributed by atoms with Crippen LogP contribution in [0.5, 0.6) is 0 Å². The van der Waals surface area contributed by atoms with Gasteiger partial charge in [-0.3, -0.25) is 19.2 Å². The Labute approximate surface area is 412 Å². The molecule has 14 nitrogen and oxygen atoms in total. The maximum Gasteiger partial charge on any atom is 1.00 e. The van der Waals surface area contributed by atoms with E-state index in [4.69, 9.17) is 24.1 Å². The predicted octanol–water partition coefficient (Wildman–Crippen LogP) is 1.54. The van der Waals surface area contributed by atoms with Crippen LogP contribution in [0.4, 0.5) is 13.2 Å². The summed E-state index contributed by atoms with van der Waals surface area (Å²) < 4.78 is 49.8. The smallest absolute Gasteiger partial charge is 0.542 e. The van der Waals surface area contributed by atoms with Gasteiger partial charge < -0.3 is 49.9 Å². The van der Waals surface area contributed by atoms with E-state index in [0.717, 1.165) is 24.0 Å². The van der Waals surface area contributed by atoms with Crippen molar-refractivity contribution in [3.05, 3.63) is 71.8 Å². The zero-order valence-corrected chi connectivity index (χ0v) is 43.0. The van der Waals surface area contributed by atoms with Gasteiger partial charge in [-0.2, -0.15) is 13.2 Å². The molecule has 0 unspecified atom stereocenters. The van der Waals surface area contributed by atoms with Crippen LogP contribution in [0.1, 0.15) is 85.3 Å². The van der Waals surface area contributed by atoms with Gasteiger partial charge in [0.25, 0.3) is 0 Å². The van der Waals surface area contributed by atoms with Crippen LogP contribution in [0.15, 0.2) is 60.7 Å². The number of carboxylic acid groups (broad SMARTS) is 1. The molecule has 1 heterocycles. The number of halogens is 3. The number of rotatable bonds is 24. The van der Waals surface area contributed by atoms with Gasteiger partial charge in [-0.1, -0.05) is 116 Å². The number of likely N-dealkylation sites (N-methyl/N-ethyl adjacent to an activating group) is 2. The summed E-state index contributed by atoms with van der Waals surface area (Å²) in [4.78, 5) is 68.1. The number of hydrogen-bond donors (Lipinski definition) is 3. The molecule has 4 amide bonds. The fourth-order valence-electron chi connectivity index (χ4n) is 8.33. The Morgan fingerprint density at radius 1 is 0.848 bits per heavy atom. The molecule has 0 aromatic heterocycles. The Kier molecular flexibility index (Phi) is 27.5. The Balaban J connectivity index is 0.00000251. The van der Waals surface area contributed by atoms with Gasteiger partial charge in [-0.15, -0.1) is 0 Å². The second-order valence-electron chi connectivity index (χ2n) is 17.5. The quantitative estimate of drug-likeness (QED) is 0.131. The number of carbonyl (C=O) groups excluding carboxylic acids is 5. The van der Waals surface area contributed by atoms with Crippen molar-refractivity contribution in [2.24, 2.45) is 23.7 Å².